The van der Waals surface area contributed by atoms with E-state index in [1.165, 1.54) is 0 Å². The maximum Gasteiger partial charge on any atom is 0.407 e. The molecule has 1 aromatic heterocycles. The third-order valence-electron chi connectivity index (χ3n) is 2.76. The zero-order valence-corrected chi connectivity index (χ0v) is 10.1. The predicted octanol–water partition coefficient (Wildman–Crippen LogP) is 1.63. The van der Waals surface area contributed by atoms with Crippen LogP contribution < -0.4 is 5.32 Å². The Bertz CT molecular complexity index is 430. The first kappa shape index (κ1) is 12.8. The van der Waals surface area contributed by atoms with Crippen LogP contribution in [0.25, 0.3) is 0 Å². The Morgan fingerprint density at radius 2 is 2.39 bits per heavy atom. The van der Waals surface area contributed by atoms with Gasteiger partial charge in [-0.15, -0.1) is 10.2 Å². The lowest BCUT2D eigenvalue weighted by atomic mass is 10.2. The van der Waals surface area contributed by atoms with Crippen LogP contribution in [0.2, 0.25) is 5.15 Å². The summed E-state index contributed by atoms with van der Waals surface area (Å²) in [6.45, 7) is 0.219. The highest BCUT2D eigenvalue weighted by Gasteiger charge is 2.35. The van der Waals surface area contributed by atoms with Crippen LogP contribution in [0.5, 0.6) is 0 Å². The molecule has 0 aromatic carbocycles. The lowest BCUT2D eigenvalue weighted by Crippen LogP contribution is -2.38. The van der Waals surface area contributed by atoms with E-state index < -0.39 is 18.3 Å². The molecule has 8 heteroatoms. The Hall–Kier alpha value is -1.63. The number of likely N-dealkylation sites (tertiary alicyclic amines) is 1. The third kappa shape index (κ3) is 2.98. The number of aromatic nitrogens is 2. The molecule has 2 N–H and O–H groups in total. The number of halogens is 2. The summed E-state index contributed by atoms with van der Waals surface area (Å²) in [4.78, 5) is 12.0. The molecule has 1 aliphatic heterocycles. The van der Waals surface area contributed by atoms with E-state index in [2.05, 4.69) is 15.5 Å². The second-order valence-electron chi connectivity index (χ2n) is 4.04. The molecule has 1 fully saturated rings. The minimum absolute atomic E-state index is 0.0754. The molecule has 1 aliphatic rings. The van der Waals surface area contributed by atoms with E-state index in [4.69, 9.17) is 16.7 Å². The van der Waals surface area contributed by atoms with Gasteiger partial charge in [-0.05, 0) is 12.1 Å². The summed E-state index contributed by atoms with van der Waals surface area (Å²) < 4.78 is 13.2. The van der Waals surface area contributed by atoms with Crippen molar-refractivity contribution in [2.24, 2.45) is 0 Å². The summed E-state index contributed by atoms with van der Waals surface area (Å²) in [6, 6.07) is 2.80. The van der Waals surface area contributed by atoms with Gasteiger partial charge in [-0.25, -0.2) is 9.18 Å². The first-order valence-electron chi connectivity index (χ1n) is 5.43. The molecule has 0 unspecified atom stereocenters. The van der Waals surface area contributed by atoms with E-state index in [0.29, 0.717) is 12.4 Å². The van der Waals surface area contributed by atoms with Crippen molar-refractivity contribution in [2.45, 2.75) is 18.6 Å². The highest BCUT2D eigenvalue weighted by Crippen LogP contribution is 2.20. The minimum atomic E-state index is -1.11. The summed E-state index contributed by atoms with van der Waals surface area (Å²) in [5.41, 5.74) is 0. The zero-order chi connectivity index (χ0) is 13.1. The van der Waals surface area contributed by atoms with Gasteiger partial charge in [0.2, 0.25) is 0 Å². The van der Waals surface area contributed by atoms with Crippen LogP contribution in [0, 0.1) is 0 Å². The van der Waals surface area contributed by atoms with Crippen LogP contribution in [-0.4, -0.2) is 51.6 Å². The van der Waals surface area contributed by atoms with E-state index in [1.54, 1.807) is 12.1 Å². The molecule has 2 atom stereocenters. The average Bonchev–Trinajstić information content (AvgIpc) is 2.70. The van der Waals surface area contributed by atoms with Gasteiger partial charge < -0.3 is 15.3 Å². The molecule has 0 radical (unpaired) electrons. The number of carboxylic acid groups (broad SMARTS) is 1. The van der Waals surface area contributed by atoms with Crippen LogP contribution in [0.15, 0.2) is 12.1 Å². The number of nitrogens with one attached hydrogen (secondary N) is 1. The van der Waals surface area contributed by atoms with Crippen molar-refractivity contribution in [1.29, 1.82) is 0 Å². The number of anilines is 1. The van der Waals surface area contributed by atoms with E-state index in [-0.39, 0.29) is 18.1 Å². The molecule has 18 heavy (non-hydrogen) atoms. The fraction of sp³-hybridized carbons (Fsp3) is 0.500. The zero-order valence-electron chi connectivity index (χ0n) is 9.38. The van der Waals surface area contributed by atoms with Gasteiger partial charge in [0.1, 0.15) is 12.0 Å². The maximum atomic E-state index is 13.2. The Kier molecular flexibility index (Phi) is 3.81. The number of hydrogen-bond acceptors (Lipinski definition) is 4. The largest absolute Gasteiger partial charge is 0.465 e. The smallest absolute Gasteiger partial charge is 0.407 e. The predicted molar refractivity (Wildman–Crippen MR) is 63.6 cm³/mol. The standard InChI is InChI=1S/C10H12ClFN4O2/c11-8-1-2-9(15-14-8)13-4-7-3-6(12)5-16(7)10(17)18/h1-2,6-7H,3-5H2,(H,13,15)(H,17,18)/t6-,7+/m1/s1. The van der Waals surface area contributed by atoms with Crippen LogP contribution in [0.4, 0.5) is 15.0 Å². The van der Waals surface area contributed by atoms with Gasteiger partial charge in [-0.3, -0.25) is 0 Å². The molecule has 98 valence electrons. The molecule has 0 spiro atoms. The SMILES string of the molecule is O=C(O)N1C[C@H](F)C[C@H]1CNc1ccc(Cl)nn1. The molecule has 2 rings (SSSR count). The second-order valence-corrected chi connectivity index (χ2v) is 4.43. The second kappa shape index (κ2) is 5.34. The quantitative estimate of drug-likeness (QED) is 0.876. The number of rotatable bonds is 3. The minimum Gasteiger partial charge on any atom is -0.465 e. The molecule has 0 aliphatic carbocycles. The van der Waals surface area contributed by atoms with Crippen molar-refractivity contribution in [3.63, 3.8) is 0 Å². The highest BCUT2D eigenvalue weighted by molar-refractivity contribution is 6.29. The molecule has 1 amide bonds. The van der Waals surface area contributed by atoms with Crippen LogP contribution in [-0.2, 0) is 0 Å². The van der Waals surface area contributed by atoms with E-state index in [0.717, 1.165) is 4.90 Å². The summed E-state index contributed by atoms with van der Waals surface area (Å²) >= 11 is 5.59. The van der Waals surface area contributed by atoms with Crippen molar-refractivity contribution in [2.75, 3.05) is 18.4 Å². The highest BCUT2D eigenvalue weighted by atomic mass is 35.5. The Labute approximate surface area is 108 Å². The van der Waals surface area contributed by atoms with Crippen molar-refractivity contribution in [3.8, 4) is 0 Å². The van der Waals surface area contributed by atoms with Gasteiger partial charge >= 0.3 is 6.09 Å². The van der Waals surface area contributed by atoms with E-state index >= 15 is 0 Å². The summed E-state index contributed by atoms with van der Waals surface area (Å²) in [5.74, 6) is 0.479. The lowest BCUT2D eigenvalue weighted by molar-refractivity contribution is 0.140. The molecular formula is C10H12ClFN4O2. The van der Waals surface area contributed by atoms with Gasteiger partial charge in [0.15, 0.2) is 5.15 Å². The normalized spacial score (nSPS) is 23.1. The molecular weight excluding hydrogens is 263 g/mol. The van der Waals surface area contributed by atoms with Crippen molar-refractivity contribution < 1.29 is 14.3 Å². The first-order chi connectivity index (χ1) is 8.56. The van der Waals surface area contributed by atoms with E-state index in [9.17, 15) is 9.18 Å². The molecule has 6 nitrogen and oxygen atoms in total. The molecule has 0 bridgehead atoms. The van der Waals surface area contributed by atoms with Crippen LogP contribution >= 0.6 is 11.6 Å². The van der Waals surface area contributed by atoms with Gasteiger partial charge in [0, 0.05) is 13.0 Å². The topological polar surface area (TPSA) is 78.4 Å². The molecule has 1 saturated heterocycles. The Morgan fingerprint density at radius 1 is 1.61 bits per heavy atom. The van der Waals surface area contributed by atoms with Gasteiger partial charge in [-0.1, -0.05) is 11.6 Å². The Balaban J connectivity index is 1.93. The summed E-state index contributed by atoms with van der Waals surface area (Å²) in [7, 11) is 0. The lowest BCUT2D eigenvalue weighted by Gasteiger charge is -2.21. The maximum absolute atomic E-state index is 13.2. The van der Waals surface area contributed by atoms with Crippen LogP contribution in [0.1, 0.15) is 6.42 Å². The average molecular weight is 275 g/mol. The van der Waals surface area contributed by atoms with Crippen molar-refractivity contribution >= 4 is 23.5 Å². The number of amides is 1. The van der Waals surface area contributed by atoms with Gasteiger partial charge in [0.25, 0.3) is 0 Å². The monoisotopic (exact) mass is 274 g/mol. The molecule has 1 aromatic rings. The fourth-order valence-electron chi connectivity index (χ4n) is 1.92. The van der Waals surface area contributed by atoms with Gasteiger partial charge in [-0.2, -0.15) is 0 Å². The van der Waals surface area contributed by atoms with Gasteiger partial charge in [0.05, 0.1) is 12.6 Å². The first-order valence-corrected chi connectivity index (χ1v) is 5.81. The molecule has 0 saturated carbocycles. The third-order valence-corrected chi connectivity index (χ3v) is 2.96. The summed E-state index contributed by atoms with van der Waals surface area (Å²) in [6.07, 6.45) is -2.02. The van der Waals surface area contributed by atoms with E-state index in [1.807, 2.05) is 0 Å². The number of nitrogens with zero attached hydrogens (tertiary/aromatic N) is 3. The summed E-state index contributed by atoms with van der Waals surface area (Å²) in [5, 5.41) is 19.5. The number of alkyl halides is 1. The van der Waals surface area contributed by atoms with Crippen molar-refractivity contribution in [1.82, 2.24) is 15.1 Å². The van der Waals surface area contributed by atoms with Crippen molar-refractivity contribution in [3.05, 3.63) is 17.3 Å². The van der Waals surface area contributed by atoms with Crippen LogP contribution in [0.3, 0.4) is 0 Å². The number of hydrogen-bond donors (Lipinski definition) is 2. The molecule has 2 heterocycles. The Morgan fingerprint density at radius 3 is 3.00 bits per heavy atom. The fourth-order valence-corrected chi connectivity index (χ4v) is 2.02. The number of carbonyl (C=O) groups is 1.